The van der Waals surface area contributed by atoms with E-state index in [-0.39, 0.29) is 223 Å². The Morgan fingerprint density at radius 3 is 0.993 bits per heavy atom. The third kappa shape index (κ3) is 14.4. The number of esters is 4. The van der Waals surface area contributed by atoms with E-state index in [2.05, 4.69) is 226 Å². The summed E-state index contributed by atoms with van der Waals surface area (Å²) in [4.78, 5) is 137. The smallest absolute Gasteiger partial charge is 0.312 e. The molecule has 0 amide bonds. The maximum Gasteiger partial charge on any atom is 0.312 e. The van der Waals surface area contributed by atoms with E-state index in [1.165, 1.54) is 45.2 Å². The Morgan fingerprint density at radius 2 is 0.653 bits per heavy atom. The van der Waals surface area contributed by atoms with Gasteiger partial charge in [0.05, 0.1) is 79.5 Å². The quantitative estimate of drug-likeness (QED) is 0.195. The molecule has 0 spiro atoms. The minimum Gasteiger partial charge on any atom is -0.511 e. The van der Waals surface area contributed by atoms with E-state index in [1.807, 2.05) is 31.2 Å². The summed E-state index contributed by atoms with van der Waals surface area (Å²) in [5.41, 5.74) is -0.221. The number of allylic oxidation sites excluding steroid dienone is 13. The molecule has 0 aromatic rings. The molecule has 31 atom stereocenters. The molecule has 147 heavy (non-hydrogen) atoms. The number of hydrogen-bond acceptors (Lipinski definition) is 18. The monoisotopic (exact) mass is 2020 g/mol. The molecule has 5 unspecified atom stereocenters. The number of methoxy groups -OCH3 is 4. The lowest BCUT2D eigenvalue weighted by Crippen LogP contribution is -2.67. The Hall–Kier alpha value is -7.18. The fourth-order valence-electron chi connectivity index (χ4n) is 42.0. The van der Waals surface area contributed by atoms with Gasteiger partial charge in [-0.05, 0) is 357 Å². The van der Waals surface area contributed by atoms with Gasteiger partial charge in [-0.15, -0.1) is 0 Å². The first-order valence-corrected chi connectivity index (χ1v) is 57.4. The number of Topliss-reactive ketones (excluding diaryl/α,β-unsaturated/α-hetero) is 1. The first-order chi connectivity index (χ1) is 67.6. The normalized spacial score (nSPS) is 47.6. The van der Waals surface area contributed by atoms with E-state index >= 15 is 0 Å². The molecule has 20 rings (SSSR count). The average Bonchev–Trinajstić information content (AvgIpc) is 0.658. The van der Waals surface area contributed by atoms with Crippen LogP contribution in [0.4, 0.5) is 0 Å². The second-order valence-electron chi connectivity index (χ2n) is 61.0. The summed E-state index contributed by atoms with van der Waals surface area (Å²) in [6.07, 6.45) is 36.3. The SMILES string of the molecule is COC(=O)[C@]12CCC(C)(C)C[C@H]1[C@H]1C(=O)C=C3[C@@]4(C)C(C)=C(C#N)C(O)C(C)(C)C4CC[C@@]3(C)[C@]1(C)CC2.COC(=O)[C@]12CCC(C)(C)C[C@H]1[C@H]1C(=O)C=C3[C@@]4(C)C=CC(=O)C(C)(C)C4CC[C@@]3(C)[C@]1(C)CC2.COC(=O)[C@]12CCC(C)(C)C[C@H]1[C@H]1C(=O)C=C3[C@]4(C)C(CC[C@@]3(C)[C@]1(C)CC2)C(C)(C)C(=O)C[C@@H]4C.COC(=O)[C@]12CCC(C)(C)C[C@H]1[C@H]1C(=O)C=C3[C@]4(C)C(CC[C@@]3(C)[C@]1(C)CC2)C(C)(C)C(O)=C(C#N)[C@@H]4C. The van der Waals surface area contributed by atoms with Gasteiger partial charge in [0.15, 0.2) is 28.9 Å². The van der Waals surface area contributed by atoms with Crippen molar-refractivity contribution in [1.82, 2.24) is 0 Å². The number of fused-ring (bicyclic) bond motifs is 28. The zero-order valence-electron chi connectivity index (χ0n) is 97.1. The average molecular weight is 2020 g/mol. The number of carbonyl (C=O) groups excluding carboxylic acids is 10. The van der Waals surface area contributed by atoms with Crippen LogP contribution in [0.2, 0.25) is 0 Å². The third-order valence-corrected chi connectivity index (χ3v) is 52.3. The molecule has 18 heteroatoms. The maximum absolute atomic E-state index is 14.5. The lowest BCUT2D eigenvalue weighted by Gasteiger charge is -2.70. The molecule has 0 heterocycles. The first kappa shape index (κ1) is 111. The van der Waals surface area contributed by atoms with Crippen LogP contribution in [0.1, 0.15) is 401 Å². The molecule has 0 aliphatic heterocycles. The van der Waals surface area contributed by atoms with Crippen LogP contribution in [-0.2, 0) is 66.9 Å². The van der Waals surface area contributed by atoms with Crippen LogP contribution >= 0.6 is 0 Å². The molecule has 13 saturated carbocycles. The standard InChI is InChI=1S/2C33H47NO4.C32H48O4.C31H44O4/c2*1-19-20(18-34)26(36)29(4,5)23-10-11-30(6)24(32(19,23)8)16-22(35)25-21-17-28(2,3)12-14-33(21,27(37)38-9)15-13-31(25,30)7;1-19-16-24(34)28(4,5)22-10-11-29(6)23(31(19,22)8)17-21(33)25-20-18-27(2,3)12-14-32(20,26(35)36-9)15-13-30(25,29)7;1-26(2)13-15-31(25(34)35-8)16-14-30(7)24(19(31)18-26)20(32)17-22-28(5)11-10-23(33)27(3,4)21(28)9-12-29(22,30)6/h16,21,23,25-26,36H,10-15,17H2,1-9H3;16,19,21,23,25,36H,10-15,17H2,1-9H3;17,19-20,22,25H,10-16,18H2,1-9H3;10-11,17,19,21,24H,9,12-16,18H2,1-8H3/t21-,23?,25-,26?,30+,31+,32-,33-;19-,21-,23?,25-,30+,31+,32-,33-;19-,20-,22?,25-,29+,30+,31-,32-;19-,21?,24-,28-,29+,30+,31-/m0000/s1. The highest BCUT2D eigenvalue weighted by Crippen LogP contribution is 2.83. The predicted molar refractivity (Wildman–Crippen MR) is 571 cm³/mol. The van der Waals surface area contributed by atoms with E-state index in [9.17, 15) is 68.7 Å². The highest BCUT2D eigenvalue weighted by molar-refractivity contribution is 6.01. The summed E-state index contributed by atoms with van der Waals surface area (Å²) in [5.74, 6) is 0.890. The van der Waals surface area contributed by atoms with Crippen LogP contribution in [-0.4, -0.2) is 103 Å². The van der Waals surface area contributed by atoms with Gasteiger partial charge in [0, 0.05) is 68.5 Å². The van der Waals surface area contributed by atoms with Crippen LogP contribution in [0.25, 0.3) is 0 Å². The van der Waals surface area contributed by atoms with E-state index in [1.54, 1.807) is 6.08 Å². The van der Waals surface area contributed by atoms with Crippen molar-refractivity contribution in [2.24, 2.45) is 213 Å². The highest BCUT2D eigenvalue weighted by atomic mass is 16.5. The Balaban J connectivity index is 0.000000134. The molecule has 18 nitrogen and oxygen atoms in total. The lowest BCUT2D eigenvalue weighted by atomic mass is 9.33. The second-order valence-corrected chi connectivity index (χ2v) is 61.0. The minimum absolute atomic E-state index is 0.00465. The van der Waals surface area contributed by atoms with Crippen LogP contribution in [0.5, 0.6) is 0 Å². The Bertz CT molecular complexity index is 5930. The number of aliphatic hydroxyl groups excluding tert-OH is 2. The summed E-state index contributed by atoms with van der Waals surface area (Å²) in [7, 11) is 6.00. The number of aliphatic hydroxyl groups is 2. The van der Waals surface area contributed by atoms with Crippen LogP contribution in [0.15, 0.2) is 81.2 Å². The number of carbonyl (C=O) groups is 10. The Kier molecular flexibility index (Phi) is 26.0. The van der Waals surface area contributed by atoms with Gasteiger partial charge in [-0.2, -0.15) is 10.5 Å². The molecule has 0 radical (unpaired) electrons. The Morgan fingerprint density at radius 1 is 0.361 bits per heavy atom. The highest BCUT2D eigenvalue weighted by Gasteiger charge is 2.79. The van der Waals surface area contributed by atoms with E-state index in [0.29, 0.717) is 23.4 Å². The molecule has 0 aromatic heterocycles. The van der Waals surface area contributed by atoms with Gasteiger partial charge in [0.25, 0.3) is 0 Å². The molecule has 2 N–H and O–H groups in total. The van der Waals surface area contributed by atoms with E-state index in [0.717, 1.165) is 191 Å². The molecular weight excluding hydrogens is 1830 g/mol. The molecule has 0 bridgehead atoms. The zero-order chi connectivity index (χ0) is 109. The molecule has 20 aliphatic rings. The van der Waals surface area contributed by atoms with Gasteiger partial charge in [0.1, 0.15) is 11.5 Å². The second kappa shape index (κ2) is 34.4. The summed E-state index contributed by atoms with van der Waals surface area (Å²) in [6.45, 7) is 69.3. The number of hydrogen-bond donors (Lipinski definition) is 2. The molecule has 20 aliphatic carbocycles. The number of nitriles is 2. The fraction of sp³-hybridized carbons (Fsp3) is 0.798. The first-order valence-electron chi connectivity index (χ1n) is 57.4. The third-order valence-electron chi connectivity index (χ3n) is 52.3. The van der Waals surface area contributed by atoms with Crippen molar-refractivity contribution >= 4 is 58.6 Å². The van der Waals surface area contributed by atoms with Crippen molar-refractivity contribution in [3.05, 3.63) is 81.2 Å². The van der Waals surface area contributed by atoms with Gasteiger partial charge in [-0.1, -0.05) is 231 Å². The van der Waals surface area contributed by atoms with Crippen LogP contribution < -0.4 is 0 Å². The summed E-state index contributed by atoms with van der Waals surface area (Å²) in [5, 5.41) is 42.6. The Labute approximate surface area is 882 Å². The fourth-order valence-corrected chi connectivity index (χ4v) is 42.0. The number of rotatable bonds is 4. The maximum atomic E-state index is 14.5. The lowest BCUT2D eigenvalue weighted by molar-refractivity contribution is -0.195. The topological polar surface area (TPSA) is 296 Å². The number of ketones is 6. The predicted octanol–water partition coefficient (Wildman–Crippen LogP) is 27.3. The van der Waals surface area contributed by atoms with E-state index in [4.69, 9.17) is 18.9 Å². The minimum atomic E-state index is -0.807. The van der Waals surface area contributed by atoms with Crippen molar-refractivity contribution in [2.75, 3.05) is 28.4 Å². The van der Waals surface area contributed by atoms with Crippen molar-refractivity contribution in [1.29, 1.82) is 10.5 Å². The molecule has 808 valence electrons. The van der Waals surface area contributed by atoms with E-state index < -0.39 is 54.8 Å². The van der Waals surface area contributed by atoms with Gasteiger partial charge >= 0.3 is 23.9 Å². The number of ether oxygens (including phenoxy) is 4. The summed E-state index contributed by atoms with van der Waals surface area (Å²) < 4.78 is 21.7. The van der Waals surface area contributed by atoms with Gasteiger partial charge in [-0.3, -0.25) is 47.9 Å². The largest absolute Gasteiger partial charge is 0.511 e. The van der Waals surface area contributed by atoms with Gasteiger partial charge in [-0.25, -0.2) is 0 Å². The van der Waals surface area contributed by atoms with Crippen molar-refractivity contribution in [3.63, 3.8) is 0 Å². The number of nitrogens with zero attached hydrogens (tertiary/aromatic N) is 2. The van der Waals surface area contributed by atoms with Crippen LogP contribution in [0.3, 0.4) is 0 Å². The van der Waals surface area contributed by atoms with Crippen molar-refractivity contribution in [3.8, 4) is 12.1 Å². The van der Waals surface area contributed by atoms with Crippen LogP contribution in [0, 0.1) is 235 Å². The molecule has 0 aromatic carbocycles. The molecule has 13 fully saturated rings. The molecular formula is C129H186N2O16. The summed E-state index contributed by atoms with van der Waals surface area (Å²) >= 11 is 0. The summed E-state index contributed by atoms with van der Waals surface area (Å²) in [6, 6.07) is 4.68. The van der Waals surface area contributed by atoms with Gasteiger partial charge < -0.3 is 29.2 Å². The van der Waals surface area contributed by atoms with Crippen molar-refractivity contribution < 1.29 is 77.1 Å². The van der Waals surface area contributed by atoms with Crippen molar-refractivity contribution in [2.45, 2.75) is 407 Å². The zero-order valence-corrected chi connectivity index (χ0v) is 97.1. The molecule has 0 saturated heterocycles. The van der Waals surface area contributed by atoms with Gasteiger partial charge in [0.2, 0.25) is 0 Å².